The number of nitrogens with zero attached hydrogens (tertiary/aromatic N) is 5. The van der Waals surface area contributed by atoms with Crippen LogP contribution in [-0.4, -0.2) is 44.0 Å². The van der Waals surface area contributed by atoms with Gasteiger partial charge in [0.1, 0.15) is 17.9 Å². The van der Waals surface area contributed by atoms with Gasteiger partial charge in [0, 0.05) is 12.1 Å². The lowest BCUT2D eigenvalue weighted by Crippen LogP contribution is -2.32. The molecule has 222 valence electrons. The fourth-order valence-corrected chi connectivity index (χ4v) is 5.13. The molecule has 0 bridgehead atoms. The molecule has 3 aromatic carbocycles. The number of amides is 3. The Morgan fingerprint density at radius 2 is 1.81 bits per heavy atom. The van der Waals surface area contributed by atoms with Crippen molar-refractivity contribution in [3.8, 4) is 22.8 Å². The predicted molar refractivity (Wildman–Crippen MR) is 154 cm³/mol. The van der Waals surface area contributed by atoms with E-state index in [-0.39, 0.29) is 35.0 Å². The van der Waals surface area contributed by atoms with Crippen molar-refractivity contribution >= 4 is 34.6 Å². The van der Waals surface area contributed by atoms with Crippen LogP contribution < -0.4 is 15.0 Å². The maximum Gasteiger partial charge on any atom is 0.573 e. The Hall–Kier alpha value is -4.72. The third kappa shape index (κ3) is 7.20. The Bertz CT molecular complexity index is 1670. The average molecular weight is 613 g/mol. The summed E-state index contributed by atoms with van der Waals surface area (Å²) in [5.74, 6) is -0.548. The molecule has 2 heterocycles. The van der Waals surface area contributed by atoms with Crippen LogP contribution in [0.2, 0.25) is 0 Å². The molecule has 5 rings (SSSR count). The Morgan fingerprint density at radius 1 is 1.09 bits per heavy atom. The number of nitrogens with one attached hydrogen (secondary N) is 1. The lowest BCUT2D eigenvalue weighted by Gasteiger charge is -2.21. The van der Waals surface area contributed by atoms with E-state index in [1.165, 1.54) is 58.4 Å². The molecule has 0 atom stereocenters. The number of carbonyl (C=O) groups is 2. The average Bonchev–Trinajstić information content (AvgIpc) is 3.59. The Labute approximate surface area is 247 Å². The summed E-state index contributed by atoms with van der Waals surface area (Å²) in [5, 5.41) is 7.30. The number of benzene rings is 3. The van der Waals surface area contributed by atoms with E-state index in [1.807, 2.05) is 13.8 Å². The first-order chi connectivity index (χ1) is 20.5. The summed E-state index contributed by atoms with van der Waals surface area (Å²) in [5.41, 5.74) is 3.08. The molecule has 9 nitrogen and oxygen atoms in total. The van der Waals surface area contributed by atoms with Crippen LogP contribution in [-0.2, 0) is 11.3 Å². The van der Waals surface area contributed by atoms with Crippen molar-refractivity contribution in [2.45, 2.75) is 32.7 Å². The SMILES string of the molecule is CC(C)c1cc(F)ccc1N1C(=O)CSC1=NC(=O)NCc1ccc(-c2ncn(-c3ccc(OC(F)(F)F)cc3)n2)cc1. The number of anilines is 1. The van der Waals surface area contributed by atoms with E-state index in [0.717, 1.165) is 17.3 Å². The zero-order chi connectivity index (χ0) is 30.7. The molecule has 14 heteroatoms. The maximum absolute atomic E-state index is 13.9. The van der Waals surface area contributed by atoms with Crippen molar-refractivity contribution in [2.75, 3.05) is 10.7 Å². The van der Waals surface area contributed by atoms with Gasteiger partial charge >= 0.3 is 12.4 Å². The molecule has 1 fully saturated rings. The van der Waals surface area contributed by atoms with E-state index in [0.29, 0.717) is 28.3 Å². The Morgan fingerprint density at radius 3 is 2.49 bits per heavy atom. The van der Waals surface area contributed by atoms with E-state index in [1.54, 1.807) is 24.3 Å². The second kappa shape index (κ2) is 12.3. The molecule has 1 aliphatic heterocycles. The monoisotopic (exact) mass is 612 g/mol. The van der Waals surface area contributed by atoms with Gasteiger partial charge in [-0.2, -0.15) is 4.99 Å². The van der Waals surface area contributed by atoms with Gasteiger partial charge < -0.3 is 10.1 Å². The molecule has 1 aliphatic rings. The summed E-state index contributed by atoms with van der Waals surface area (Å²) in [6.45, 7) is 3.94. The molecule has 43 heavy (non-hydrogen) atoms. The van der Waals surface area contributed by atoms with E-state index >= 15 is 0 Å². The summed E-state index contributed by atoms with van der Waals surface area (Å²) in [6.07, 6.45) is -3.34. The zero-order valence-electron chi connectivity index (χ0n) is 22.8. The van der Waals surface area contributed by atoms with Crippen LogP contribution in [0, 0.1) is 5.82 Å². The molecule has 0 unspecified atom stereocenters. The van der Waals surface area contributed by atoms with E-state index < -0.39 is 18.2 Å². The van der Waals surface area contributed by atoms with Gasteiger partial charge in [0.25, 0.3) is 0 Å². The fraction of sp³-hybridized carbons (Fsp3) is 0.207. The molecule has 3 amide bonds. The number of rotatable bonds is 7. The number of carbonyl (C=O) groups excluding carboxylic acids is 2. The van der Waals surface area contributed by atoms with Crippen molar-refractivity contribution in [3.05, 3.63) is 90.0 Å². The molecule has 0 radical (unpaired) electrons. The molecule has 0 aliphatic carbocycles. The number of thioether (sulfide) groups is 1. The molecule has 1 aromatic heterocycles. The highest BCUT2D eigenvalue weighted by atomic mass is 32.2. The molecular weight excluding hydrogens is 588 g/mol. The highest BCUT2D eigenvalue weighted by molar-refractivity contribution is 8.15. The minimum absolute atomic E-state index is 0.0561. The second-order valence-corrected chi connectivity index (χ2v) is 10.6. The first kappa shape index (κ1) is 29.8. The van der Waals surface area contributed by atoms with Gasteiger partial charge in [-0.1, -0.05) is 49.9 Å². The van der Waals surface area contributed by atoms with Gasteiger partial charge in [-0.05, 0) is 59.5 Å². The summed E-state index contributed by atoms with van der Waals surface area (Å²) >= 11 is 1.14. The van der Waals surface area contributed by atoms with E-state index in [2.05, 4.69) is 25.1 Å². The highest BCUT2D eigenvalue weighted by Gasteiger charge is 2.33. The van der Waals surface area contributed by atoms with Crippen LogP contribution in [0.15, 0.2) is 78.0 Å². The minimum atomic E-state index is -4.77. The largest absolute Gasteiger partial charge is 0.573 e. The molecule has 1 N–H and O–H groups in total. The summed E-state index contributed by atoms with van der Waals surface area (Å²) in [6, 6.07) is 15.9. The third-order valence-electron chi connectivity index (χ3n) is 6.30. The van der Waals surface area contributed by atoms with Gasteiger partial charge in [-0.25, -0.2) is 18.9 Å². The van der Waals surface area contributed by atoms with Crippen molar-refractivity contribution in [1.29, 1.82) is 0 Å². The van der Waals surface area contributed by atoms with Crippen molar-refractivity contribution in [1.82, 2.24) is 20.1 Å². The van der Waals surface area contributed by atoms with E-state index in [4.69, 9.17) is 0 Å². The van der Waals surface area contributed by atoms with Crippen LogP contribution in [0.3, 0.4) is 0 Å². The van der Waals surface area contributed by atoms with E-state index in [9.17, 15) is 27.2 Å². The van der Waals surface area contributed by atoms with Crippen LogP contribution in [0.5, 0.6) is 5.75 Å². The summed E-state index contributed by atoms with van der Waals surface area (Å²) < 4.78 is 56.3. The number of aromatic nitrogens is 3. The molecule has 4 aromatic rings. The van der Waals surface area contributed by atoms with Crippen molar-refractivity contribution < 1.29 is 31.9 Å². The number of urea groups is 1. The number of aliphatic imine (C=N–C) groups is 1. The number of amidine groups is 1. The lowest BCUT2D eigenvalue weighted by molar-refractivity contribution is -0.274. The third-order valence-corrected chi connectivity index (χ3v) is 7.22. The standard InChI is InChI=1S/C29H24F4N6O3S/c1-17(2)23-13-20(30)7-12-24(23)39-25(40)15-43-28(39)36-27(41)34-14-18-3-5-19(6-4-18)26-35-16-38(37-26)21-8-10-22(11-9-21)42-29(31,32)33/h3-13,16-17H,14-15H2,1-2H3,(H,34,41). The first-order valence-electron chi connectivity index (χ1n) is 13.0. The number of hydrogen-bond donors (Lipinski definition) is 1. The lowest BCUT2D eigenvalue weighted by atomic mass is 10.0. The van der Waals surface area contributed by atoms with Gasteiger partial charge in [0.2, 0.25) is 5.91 Å². The quantitative estimate of drug-likeness (QED) is 0.241. The van der Waals surface area contributed by atoms with Crippen molar-refractivity contribution in [3.63, 3.8) is 0 Å². The van der Waals surface area contributed by atoms with Crippen LogP contribution in [0.1, 0.15) is 30.9 Å². The fourth-order valence-electron chi connectivity index (χ4n) is 4.27. The first-order valence-corrected chi connectivity index (χ1v) is 13.9. The smallest absolute Gasteiger partial charge is 0.406 e. The normalized spacial score (nSPS) is 14.5. The van der Waals surface area contributed by atoms with Gasteiger partial charge in [-0.3, -0.25) is 9.69 Å². The molecule has 0 spiro atoms. The highest BCUT2D eigenvalue weighted by Crippen LogP contribution is 2.34. The number of hydrogen-bond acceptors (Lipinski definition) is 6. The number of halogens is 4. The topological polar surface area (TPSA) is 102 Å². The molecular formula is C29H24F4N6O3S. The Kier molecular flexibility index (Phi) is 8.48. The number of ether oxygens (including phenoxy) is 1. The summed E-state index contributed by atoms with van der Waals surface area (Å²) in [7, 11) is 0. The van der Waals surface area contributed by atoms with Crippen molar-refractivity contribution in [2.24, 2.45) is 4.99 Å². The number of alkyl halides is 3. The Balaban J connectivity index is 1.22. The van der Waals surface area contributed by atoms with Gasteiger partial charge in [-0.15, -0.1) is 18.3 Å². The predicted octanol–water partition coefficient (Wildman–Crippen LogP) is 6.44. The maximum atomic E-state index is 13.9. The second-order valence-electron chi connectivity index (χ2n) is 9.68. The molecule has 0 saturated carbocycles. The van der Waals surface area contributed by atoms with Crippen LogP contribution in [0.4, 0.5) is 28.0 Å². The van der Waals surface area contributed by atoms with Gasteiger partial charge in [0.05, 0.1) is 17.1 Å². The molecule has 1 saturated heterocycles. The van der Waals surface area contributed by atoms with Crippen LogP contribution >= 0.6 is 11.8 Å². The summed E-state index contributed by atoms with van der Waals surface area (Å²) in [4.78, 5) is 35.0. The zero-order valence-corrected chi connectivity index (χ0v) is 23.6. The minimum Gasteiger partial charge on any atom is -0.406 e. The van der Waals surface area contributed by atoms with Crippen LogP contribution in [0.25, 0.3) is 17.1 Å². The van der Waals surface area contributed by atoms with Gasteiger partial charge in [0.15, 0.2) is 11.0 Å².